The molecule has 0 amide bonds. The van der Waals surface area contributed by atoms with Gasteiger partial charge in [0, 0.05) is 17.8 Å². The van der Waals surface area contributed by atoms with Gasteiger partial charge in [-0.2, -0.15) is 4.89 Å². The highest BCUT2D eigenvalue weighted by molar-refractivity contribution is 9.10. The van der Waals surface area contributed by atoms with E-state index in [0.717, 1.165) is 12.1 Å². The van der Waals surface area contributed by atoms with E-state index in [1.54, 1.807) is 12.1 Å². The molecule has 126 valence electrons. The van der Waals surface area contributed by atoms with Crippen LogP contribution in [0.15, 0.2) is 51.6 Å². The number of ether oxygens (including phenoxy) is 1. The lowest BCUT2D eigenvalue weighted by Crippen LogP contribution is -2.21. The molecule has 0 bridgehead atoms. The van der Waals surface area contributed by atoms with Gasteiger partial charge in [-0.3, -0.25) is 4.79 Å². The first-order valence-corrected chi connectivity index (χ1v) is 7.78. The van der Waals surface area contributed by atoms with Crippen LogP contribution < -0.4 is 10.3 Å². The number of allylic oxidation sites excluding steroid dienone is 1. The second-order valence-electron chi connectivity index (χ2n) is 4.99. The van der Waals surface area contributed by atoms with Crippen molar-refractivity contribution in [3.05, 3.63) is 74.3 Å². The average Bonchev–Trinajstić information content (AvgIpc) is 3.06. The predicted molar refractivity (Wildman–Crippen MR) is 84.2 cm³/mol. The van der Waals surface area contributed by atoms with Crippen LogP contribution in [-0.2, 0) is 22.9 Å². The van der Waals surface area contributed by atoms with E-state index in [4.69, 9.17) is 14.5 Å². The highest BCUT2D eigenvalue weighted by Crippen LogP contribution is 2.22. The van der Waals surface area contributed by atoms with Gasteiger partial charge in [0.25, 0.3) is 5.56 Å². The van der Waals surface area contributed by atoms with Crippen LogP contribution in [0.5, 0.6) is 5.75 Å². The number of halogens is 3. The Morgan fingerprint density at radius 1 is 1.29 bits per heavy atom. The fourth-order valence-electron chi connectivity index (χ4n) is 2.09. The second-order valence-corrected chi connectivity index (χ2v) is 5.78. The van der Waals surface area contributed by atoms with Crippen molar-refractivity contribution in [2.24, 2.45) is 0 Å². The molecule has 2 aromatic rings. The molecule has 0 atom stereocenters. The molecule has 1 aromatic carbocycles. The zero-order valence-corrected chi connectivity index (χ0v) is 13.9. The highest BCUT2D eigenvalue weighted by Gasteiger charge is 2.14. The van der Waals surface area contributed by atoms with Crippen LogP contribution in [-0.4, -0.2) is 11.2 Å². The molecule has 0 saturated carbocycles. The van der Waals surface area contributed by atoms with Crippen molar-refractivity contribution in [3.8, 4) is 5.75 Å². The standard InChI is InChI=1S/C16H12BrF2NO4/c17-15-14(22-9-10-1-2-11(18)7-13(10)19)3-5-20(16(15)21)8-12-4-6-23-24-12/h1-5,7H,6,8-9H2. The number of aromatic nitrogens is 1. The Bertz CT molecular complexity index is 850. The summed E-state index contributed by atoms with van der Waals surface area (Å²) in [5, 5.41) is 0. The van der Waals surface area contributed by atoms with Gasteiger partial charge in [0.05, 0.1) is 6.54 Å². The molecule has 1 aliphatic heterocycles. The number of hydrogen-bond donors (Lipinski definition) is 0. The van der Waals surface area contributed by atoms with Crippen molar-refractivity contribution in [2.45, 2.75) is 13.2 Å². The maximum Gasteiger partial charge on any atom is 0.269 e. The Kier molecular flexibility index (Phi) is 4.96. The summed E-state index contributed by atoms with van der Waals surface area (Å²) in [4.78, 5) is 21.9. The summed E-state index contributed by atoms with van der Waals surface area (Å²) < 4.78 is 33.5. The molecule has 1 aliphatic rings. The number of benzene rings is 1. The molecule has 5 nitrogen and oxygen atoms in total. The van der Waals surface area contributed by atoms with Gasteiger partial charge in [-0.25, -0.2) is 8.78 Å². The van der Waals surface area contributed by atoms with Crippen molar-refractivity contribution in [1.82, 2.24) is 4.57 Å². The molecule has 2 heterocycles. The minimum atomic E-state index is -0.704. The molecule has 0 saturated heterocycles. The van der Waals surface area contributed by atoms with Crippen LogP contribution in [0.1, 0.15) is 5.56 Å². The normalized spacial score (nSPS) is 13.5. The second kappa shape index (κ2) is 7.14. The molecule has 0 fully saturated rings. The molecule has 3 rings (SSSR count). The monoisotopic (exact) mass is 399 g/mol. The van der Waals surface area contributed by atoms with Crippen LogP contribution in [0, 0.1) is 11.6 Å². The van der Waals surface area contributed by atoms with Gasteiger partial charge < -0.3 is 14.2 Å². The highest BCUT2D eigenvalue weighted by atomic mass is 79.9. The average molecular weight is 400 g/mol. The maximum absolute atomic E-state index is 13.6. The fourth-order valence-corrected chi connectivity index (χ4v) is 2.56. The first kappa shape index (κ1) is 16.7. The molecule has 24 heavy (non-hydrogen) atoms. The minimum absolute atomic E-state index is 0.129. The summed E-state index contributed by atoms with van der Waals surface area (Å²) in [5.74, 6) is -0.569. The van der Waals surface area contributed by atoms with E-state index in [-0.39, 0.29) is 34.5 Å². The Balaban J connectivity index is 1.74. The van der Waals surface area contributed by atoms with Gasteiger partial charge in [0.1, 0.15) is 35.1 Å². The first-order valence-electron chi connectivity index (χ1n) is 6.99. The van der Waals surface area contributed by atoms with Crippen LogP contribution in [0.2, 0.25) is 0 Å². The van der Waals surface area contributed by atoms with Crippen LogP contribution in [0.3, 0.4) is 0 Å². The van der Waals surface area contributed by atoms with Crippen LogP contribution in [0.4, 0.5) is 8.78 Å². The summed E-state index contributed by atoms with van der Waals surface area (Å²) in [6.45, 7) is 0.441. The molecular weight excluding hydrogens is 388 g/mol. The zero-order chi connectivity index (χ0) is 17.1. The summed E-state index contributed by atoms with van der Waals surface area (Å²) in [6, 6.07) is 4.79. The lowest BCUT2D eigenvalue weighted by Gasteiger charge is -2.11. The Labute approximate surface area is 144 Å². The lowest BCUT2D eigenvalue weighted by molar-refractivity contribution is -0.236. The lowest BCUT2D eigenvalue weighted by atomic mass is 10.2. The van der Waals surface area contributed by atoms with Crippen LogP contribution in [0.25, 0.3) is 0 Å². The van der Waals surface area contributed by atoms with Crippen molar-refractivity contribution in [3.63, 3.8) is 0 Å². The Morgan fingerprint density at radius 2 is 2.12 bits per heavy atom. The third-order valence-electron chi connectivity index (χ3n) is 3.34. The Hall–Kier alpha value is -2.19. The van der Waals surface area contributed by atoms with E-state index < -0.39 is 11.6 Å². The van der Waals surface area contributed by atoms with E-state index >= 15 is 0 Å². The fraction of sp³-hybridized carbons (Fsp3) is 0.188. The van der Waals surface area contributed by atoms with E-state index in [1.807, 2.05) is 0 Å². The van der Waals surface area contributed by atoms with Gasteiger partial charge in [-0.15, -0.1) is 0 Å². The Morgan fingerprint density at radius 3 is 2.83 bits per heavy atom. The van der Waals surface area contributed by atoms with Gasteiger partial charge >= 0.3 is 0 Å². The van der Waals surface area contributed by atoms with Crippen molar-refractivity contribution >= 4 is 15.9 Å². The number of pyridine rings is 1. The van der Waals surface area contributed by atoms with Crippen molar-refractivity contribution < 1.29 is 23.3 Å². The molecule has 0 radical (unpaired) electrons. The van der Waals surface area contributed by atoms with E-state index in [2.05, 4.69) is 15.9 Å². The zero-order valence-electron chi connectivity index (χ0n) is 12.3. The summed E-state index contributed by atoms with van der Waals surface area (Å²) >= 11 is 3.18. The van der Waals surface area contributed by atoms with Gasteiger partial charge in [-0.1, -0.05) is 0 Å². The molecular formula is C16H12BrF2NO4. The van der Waals surface area contributed by atoms with Crippen molar-refractivity contribution in [1.29, 1.82) is 0 Å². The predicted octanol–water partition coefficient (Wildman–Crippen LogP) is 3.31. The number of hydrogen-bond acceptors (Lipinski definition) is 4. The third-order valence-corrected chi connectivity index (χ3v) is 4.07. The van der Waals surface area contributed by atoms with Gasteiger partial charge in [-0.05, 0) is 40.2 Å². The maximum atomic E-state index is 13.6. The minimum Gasteiger partial charge on any atom is -0.487 e. The molecule has 0 aliphatic carbocycles. The summed E-state index contributed by atoms with van der Waals surface area (Å²) in [7, 11) is 0. The molecule has 0 unspecified atom stereocenters. The summed E-state index contributed by atoms with van der Waals surface area (Å²) in [5.41, 5.74) is -0.141. The quantitative estimate of drug-likeness (QED) is 0.723. The topological polar surface area (TPSA) is 49.7 Å². The smallest absolute Gasteiger partial charge is 0.269 e. The van der Waals surface area contributed by atoms with E-state index in [9.17, 15) is 13.6 Å². The first-order chi connectivity index (χ1) is 11.5. The number of nitrogens with zero attached hydrogens (tertiary/aromatic N) is 1. The van der Waals surface area contributed by atoms with Crippen molar-refractivity contribution in [2.75, 3.05) is 6.61 Å². The molecule has 1 aromatic heterocycles. The SMILES string of the molecule is O=c1c(Br)c(OCc2ccc(F)cc2F)ccn1CC1=CCOO1. The van der Waals surface area contributed by atoms with E-state index in [1.165, 1.54) is 16.8 Å². The number of rotatable bonds is 5. The summed E-state index contributed by atoms with van der Waals surface area (Å²) in [6.07, 6.45) is 3.26. The van der Waals surface area contributed by atoms with Crippen LogP contribution >= 0.6 is 15.9 Å². The van der Waals surface area contributed by atoms with Gasteiger partial charge in [0.2, 0.25) is 0 Å². The third kappa shape index (κ3) is 3.65. The van der Waals surface area contributed by atoms with Gasteiger partial charge in [0.15, 0.2) is 5.76 Å². The molecule has 0 N–H and O–H groups in total. The molecule has 0 spiro atoms. The largest absolute Gasteiger partial charge is 0.487 e. The molecule has 8 heteroatoms. The van der Waals surface area contributed by atoms with E-state index in [0.29, 0.717) is 12.4 Å².